The monoisotopic (exact) mass is 412 g/mol. The normalized spacial score (nSPS) is 16.6. The van der Waals surface area contributed by atoms with Crippen LogP contribution in [0.2, 0.25) is 0 Å². The number of aromatic nitrogens is 1. The number of benzene rings is 1. The van der Waals surface area contributed by atoms with Crippen molar-refractivity contribution >= 4 is 27.5 Å². The van der Waals surface area contributed by atoms with Gasteiger partial charge in [-0.1, -0.05) is 0 Å². The van der Waals surface area contributed by atoms with Gasteiger partial charge in [0.1, 0.15) is 5.76 Å². The molecule has 1 aliphatic rings. The number of rotatable bonds is 5. The van der Waals surface area contributed by atoms with Crippen LogP contribution in [-0.4, -0.2) is 60.8 Å². The number of hydrogen-bond donors (Lipinski definition) is 0. The molecule has 1 aromatic carbocycles. The third-order valence-corrected chi connectivity index (χ3v) is 7.24. The third-order valence-electron chi connectivity index (χ3n) is 4.43. The maximum absolute atomic E-state index is 12.8. The Morgan fingerprint density at radius 1 is 1.22 bits per heavy atom. The van der Waals surface area contributed by atoms with E-state index >= 15 is 0 Å². The third kappa shape index (κ3) is 4.15. The predicted octanol–water partition coefficient (Wildman–Crippen LogP) is 2.29. The van der Waals surface area contributed by atoms with Gasteiger partial charge in [0.25, 0.3) is 10.9 Å². The Hall–Kier alpha value is -1.95. The zero-order valence-electron chi connectivity index (χ0n) is 15.2. The van der Waals surface area contributed by atoms with Crippen LogP contribution in [0.3, 0.4) is 0 Å². The summed E-state index contributed by atoms with van der Waals surface area (Å²) >= 11 is 0.998. The minimum absolute atomic E-state index is 0.0807. The Morgan fingerprint density at radius 2 is 1.89 bits per heavy atom. The van der Waals surface area contributed by atoms with Crippen molar-refractivity contribution in [3.8, 4) is 0 Å². The summed E-state index contributed by atoms with van der Waals surface area (Å²) in [6.07, 6.45) is 0. The molecule has 0 amide bonds. The van der Waals surface area contributed by atoms with Crippen molar-refractivity contribution in [3.05, 3.63) is 39.8 Å². The lowest BCUT2D eigenvalue weighted by Crippen LogP contribution is -2.47. The molecule has 1 saturated heterocycles. The minimum atomic E-state index is -3.78. The van der Waals surface area contributed by atoms with Crippen LogP contribution in [0.4, 0.5) is 5.69 Å². The van der Waals surface area contributed by atoms with Gasteiger partial charge in [-0.05, 0) is 44.8 Å². The van der Waals surface area contributed by atoms with E-state index in [0.29, 0.717) is 37.6 Å². The Kier molecular flexibility index (Phi) is 5.56. The number of oxazole rings is 1. The van der Waals surface area contributed by atoms with Gasteiger partial charge in [0.05, 0.1) is 20.4 Å². The average molecular weight is 412 g/mol. The lowest BCUT2D eigenvalue weighted by atomic mass is 10.3. The molecule has 2 aromatic rings. The molecule has 0 unspecified atom stereocenters. The van der Waals surface area contributed by atoms with Gasteiger partial charge in [0, 0.05) is 32.2 Å². The molecule has 0 spiro atoms. The van der Waals surface area contributed by atoms with Gasteiger partial charge in [-0.2, -0.15) is 4.31 Å². The second kappa shape index (κ2) is 7.58. The van der Waals surface area contributed by atoms with E-state index in [-0.39, 0.29) is 20.7 Å². The highest BCUT2D eigenvalue weighted by Gasteiger charge is 2.30. The number of likely N-dealkylation sites (N-methyl/N-ethyl adjacent to an activating group) is 1. The molecule has 0 atom stereocenters. The highest BCUT2D eigenvalue weighted by Crippen LogP contribution is 2.36. The van der Waals surface area contributed by atoms with E-state index < -0.39 is 14.9 Å². The van der Waals surface area contributed by atoms with Gasteiger partial charge in [0.2, 0.25) is 10.0 Å². The van der Waals surface area contributed by atoms with Gasteiger partial charge in [-0.3, -0.25) is 10.1 Å². The summed E-state index contributed by atoms with van der Waals surface area (Å²) in [7, 11) is -1.86. The van der Waals surface area contributed by atoms with Crippen LogP contribution >= 0.6 is 11.8 Å². The molecule has 3 rings (SSSR count). The van der Waals surface area contributed by atoms with Crippen molar-refractivity contribution in [3.63, 3.8) is 0 Å². The fraction of sp³-hybridized carbons (Fsp3) is 0.438. The quantitative estimate of drug-likeness (QED) is 0.543. The molecule has 27 heavy (non-hydrogen) atoms. The Balaban J connectivity index is 1.92. The SMILES string of the molecule is Cc1nc(Sc2ccc(S(=O)(=O)N3CCN(C)CC3)cc2[N+](=O)[O-])oc1C. The fourth-order valence-electron chi connectivity index (χ4n) is 2.65. The van der Waals surface area contributed by atoms with E-state index in [0.717, 1.165) is 17.8 Å². The zero-order valence-corrected chi connectivity index (χ0v) is 16.8. The molecule has 0 saturated carbocycles. The number of sulfonamides is 1. The first-order valence-electron chi connectivity index (χ1n) is 8.27. The van der Waals surface area contributed by atoms with E-state index in [2.05, 4.69) is 4.98 Å². The Morgan fingerprint density at radius 3 is 2.44 bits per heavy atom. The summed E-state index contributed by atoms with van der Waals surface area (Å²) in [5, 5.41) is 11.8. The maximum atomic E-state index is 12.8. The zero-order chi connectivity index (χ0) is 19.8. The Labute approximate surface area is 161 Å². The van der Waals surface area contributed by atoms with Crippen LogP contribution in [0.15, 0.2) is 37.6 Å². The average Bonchev–Trinajstić information content (AvgIpc) is 2.92. The van der Waals surface area contributed by atoms with E-state index in [9.17, 15) is 18.5 Å². The van der Waals surface area contributed by atoms with E-state index in [1.54, 1.807) is 13.8 Å². The van der Waals surface area contributed by atoms with Gasteiger partial charge >= 0.3 is 0 Å². The summed E-state index contributed by atoms with van der Waals surface area (Å²) in [5.74, 6) is 0.634. The van der Waals surface area contributed by atoms with Crippen LogP contribution in [-0.2, 0) is 10.0 Å². The smallest absolute Gasteiger partial charge is 0.284 e. The first kappa shape index (κ1) is 19.8. The fourth-order valence-corrected chi connectivity index (χ4v) is 5.00. The summed E-state index contributed by atoms with van der Waals surface area (Å²) in [4.78, 5) is 17.4. The van der Waals surface area contributed by atoms with E-state index in [1.807, 2.05) is 11.9 Å². The molecule has 1 aromatic heterocycles. The highest BCUT2D eigenvalue weighted by atomic mass is 32.2. The van der Waals surface area contributed by atoms with Crippen LogP contribution in [0.1, 0.15) is 11.5 Å². The molecule has 1 fully saturated rings. The van der Waals surface area contributed by atoms with Crippen molar-refractivity contribution in [1.82, 2.24) is 14.2 Å². The van der Waals surface area contributed by atoms with Crippen molar-refractivity contribution in [2.24, 2.45) is 0 Å². The topological polar surface area (TPSA) is 110 Å². The number of nitro groups is 1. The van der Waals surface area contributed by atoms with Crippen LogP contribution in [0.25, 0.3) is 0 Å². The molecule has 0 aliphatic carbocycles. The lowest BCUT2D eigenvalue weighted by Gasteiger charge is -2.31. The molecule has 11 heteroatoms. The first-order valence-corrected chi connectivity index (χ1v) is 10.5. The Bertz CT molecular complexity index is 946. The second-order valence-electron chi connectivity index (χ2n) is 6.32. The number of nitrogens with zero attached hydrogens (tertiary/aromatic N) is 4. The minimum Gasteiger partial charge on any atom is -0.436 e. The van der Waals surface area contributed by atoms with Crippen molar-refractivity contribution in [2.75, 3.05) is 33.2 Å². The summed E-state index contributed by atoms with van der Waals surface area (Å²) in [5.41, 5.74) is 0.415. The standard InChI is InChI=1S/C16H20N4O5S2/c1-11-12(2)25-16(17-11)26-15-5-4-13(10-14(15)20(21)22)27(23,24)19-8-6-18(3)7-9-19/h4-5,10H,6-9H2,1-3H3. The molecule has 0 radical (unpaired) electrons. The van der Waals surface area contributed by atoms with Crippen molar-refractivity contribution < 1.29 is 17.8 Å². The largest absolute Gasteiger partial charge is 0.436 e. The van der Waals surface area contributed by atoms with Crippen molar-refractivity contribution in [2.45, 2.75) is 28.9 Å². The van der Waals surface area contributed by atoms with Crippen LogP contribution in [0, 0.1) is 24.0 Å². The molecule has 9 nitrogen and oxygen atoms in total. The van der Waals surface area contributed by atoms with Gasteiger partial charge in [0.15, 0.2) is 0 Å². The summed E-state index contributed by atoms with van der Waals surface area (Å²) < 4.78 is 32.5. The molecule has 0 bridgehead atoms. The van der Waals surface area contributed by atoms with Crippen LogP contribution in [0.5, 0.6) is 0 Å². The number of hydrogen-bond acceptors (Lipinski definition) is 8. The number of nitro benzene ring substituents is 1. The van der Waals surface area contributed by atoms with E-state index in [1.165, 1.54) is 16.4 Å². The maximum Gasteiger partial charge on any atom is 0.284 e. The van der Waals surface area contributed by atoms with Crippen LogP contribution < -0.4 is 0 Å². The molecular weight excluding hydrogens is 392 g/mol. The summed E-state index contributed by atoms with van der Waals surface area (Å²) in [6.45, 7) is 5.50. The molecule has 0 N–H and O–H groups in total. The number of piperazine rings is 1. The van der Waals surface area contributed by atoms with Crippen molar-refractivity contribution in [1.29, 1.82) is 0 Å². The first-order chi connectivity index (χ1) is 12.7. The molecule has 2 heterocycles. The van der Waals surface area contributed by atoms with E-state index in [4.69, 9.17) is 4.42 Å². The summed E-state index contributed by atoms with van der Waals surface area (Å²) in [6, 6.07) is 3.94. The van der Waals surface area contributed by atoms with Gasteiger partial charge in [-0.25, -0.2) is 13.4 Å². The molecule has 146 valence electrons. The highest BCUT2D eigenvalue weighted by molar-refractivity contribution is 7.99. The molecule has 1 aliphatic heterocycles. The van der Waals surface area contributed by atoms with Gasteiger partial charge < -0.3 is 9.32 Å². The van der Waals surface area contributed by atoms with Gasteiger partial charge in [-0.15, -0.1) is 0 Å². The number of aryl methyl sites for hydroxylation is 2. The predicted molar refractivity (Wildman–Crippen MR) is 99.5 cm³/mol. The second-order valence-corrected chi connectivity index (χ2v) is 9.25. The lowest BCUT2D eigenvalue weighted by molar-refractivity contribution is -0.388. The molecular formula is C16H20N4O5S2.